The largest absolute Gasteiger partial charge is 0.456 e. The summed E-state index contributed by atoms with van der Waals surface area (Å²) in [5.41, 5.74) is 0.472. The Morgan fingerprint density at radius 3 is 2.31 bits per heavy atom. The SMILES string of the molecule is Cc1ccc([C@@]2(C)NC(=O)N(CC(=O)OCC(=O)c3ccc(F)cc3)C2=O)cc1. The molecule has 1 N–H and O–H groups in total. The van der Waals surface area contributed by atoms with E-state index in [4.69, 9.17) is 4.74 Å². The second-order valence-corrected chi connectivity index (χ2v) is 6.90. The quantitative estimate of drug-likeness (QED) is 0.458. The van der Waals surface area contributed by atoms with Crippen molar-refractivity contribution in [1.82, 2.24) is 10.2 Å². The van der Waals surface area contributed by atoms with Crippen LogP contribution in [0.15, 0.2) is 48.5 Å². The molecule has 0 aromatic heterocycles. The summed E-state index contributed by atoms with van der Waals surface area (Å²) in [6.07, 6.45) is 0. The fourth-order valence-corrected chi connectivity index (χ4v) is 2.96. The van der Waals surface area contributed by atoms with Gasteiger partial charge < -0.3 is 10.1 Å². The summed E-state index contributed by atoms with van der Waals surface area (Å²) in [5, 5.41) is 2.59. The lowest BCUT2D eigenvalue weighted by atomic mass is 9.91. The van der Waals surface area contributed by atoms with Crippen LogP contribution in [-0.2, 0) is 19.9 Å². The molecular formula is C21H19FN2O5. The summed E-state index contributed by atoms with van der Waals surface area (Å²) < 4.78 is 17.8. The van der Waals surface area contributed by atoms with Gasteiger partial charge in [0.05, 0.1) is 0 Å². The second kappa shape index (κ2) is 7.83. The number of benzene rings is 2. The maximum Gasteiger partial charge on any atom is 0.326 e. The molecule has 1 heterocycles. The number of imide groups is 1. The van der Waals surface area contributed by atoms with Gasteiger partial charge in [-0.15, -0.1) is 0 Å². The van der Waals surface area contributed by atoms with E-state index < -0.39 is 48.2 Å². The maximum absolute atomic E-state index is 12.9. The smallest absolute Gasteiger partial charge is 0.326 e. The van der Waals surface area contributed by atoms with Gasteiger partial charge in [0.25, 0.3) is 5.91 Å². The highest BCUT2D eigenvalue weighted by Crippen LogP contribution is 2.28. The first kappa shape index (κ1) is 20.2. The molecule has 7 nitrogen and oxygen atoms in total. The van der Waals surface area contributed by atoms with Crippen LogP contribution in [0.25, 0.3) is 0 Å². The first-order chi connectivity index (χ1) is 13.7. The van der Waals surface area contributed by atoms with Crippen molar-refractivity contribution in [2.75, 3.05) is 13.2 Å². The predicted molar refractivity (Wildman–Crippen MR) is 100 cm³/mol. The maximum atomic E-state index is 12.9. The Kier molecular flexibility index (Phi) is 5.45. The molecule has 1 aliphatic rings. The van der Waals surface area contributed by atoms with E-state index in [0.29, 0.717) is 5.56 Å². The fourth-order valence-electron chi connectivity index (χ4n) is 2.96. The standard InChI is InChI=1S/C21H19FN2O5/c1-13-3-7-15(8-4-13)21(2)19(27)24(20(28)23-21)11-18(26)29-12-17(25)14-5-9-16(22)10-6-14/h3-10H,11-12H2,1-2H3,(H,23,28)/t21-/m1/s1. The average Bonchev–Trinajstić information content (AvgIpc) is 2.91. The highest BCUT2D eigenvalue weighted by atomic mass is 19.1. The summed E-state index contributed by atoms with van der Waals surface area (Å²) in [4.78, 5) is 49.8. The Balaban J connectivity index is 1.62. The molecule has 1 fully saturated rings. The van der Waals surface area contributed by atoms with Crippen molar-refractivity contribution in [3.05, 3.63) is 71.0 Å². The van der Waals surface area contributed by atoms with Gasteiger partial charge in [-0.3, -0.25) is 19.3 Å². The molecular weight excluding hydrogens is 379 g/mol. The lowest BCUT2D eigenvalue weighted by molar-refractivity contribution is -0.146. The number of ketones is 1. The van der Waals surface area contributed by atoms with Gasteiger partial charge in [-0.2, -0.15) is 0 Å². The van der Waals surface area contributed by atoms with Crippen LogP contribution in [0.3, 0.4) is 0 Å². The summed E-state index contributed by atoms with van der Waals surface area (Å²) in [7, 11) is 0. The lowest BCUT2D eigenvalue weighted by Gasteiger charge is -2.22. The molecule has 1 aliphatic heterocycles. The molecule has 3 amide bonds. The Morgan fingerprint density at radius 2 is 1.69 bits per heavy atom. The minimum absolute atomic E-state index is 0.182. The molecule has 2 aromatic rings. The summed E-state index contributed by atoms with van der Waals surface area (Å²) in [6.45, 7) is 2.25. The van der Waals surface area contributed by atoms with Crippen LogP contribution in [-0.4, -0.2) is 41.7 Å². The van der Waals surface area contributed by atoms with Gasteiger partial charge in [-0.05, 0) is 43.7 Å². The summed E-state index contributed by atoms with van der Waals surface area (Å²) in [6, 6.07) is 11.2. The van der Waals surface area contributed by atoms with Crippen LogP contribution in [0.1, 0.15) is 28.4 Å². The number of esters is 1. The molecule has 3 rings (SSSR count). The highest BCUT2D eigenvalue weighted by molar-refractivity contribution is 6.09. The van der Waals surface area contributed by atoms with Crippen molar-refractivity contribution in [2.24, 2.45) is 0 Å². The van der Waals surface area contributed by atoms with Crippen molar-refractivity contribution >= 4 is 23.7 Å². The molecule has 0 spiro atoms. The molecule has 1 atom stereocenters. The molecule has 29 heavy (non-hydrogen) atoms. The number of ether oxygens (including phenoxy) is 1. The van der Waals surface area contributed by atoms with Crippen molar-refractivity contribution in [2.45, 2.75) is 19.4 Å². The number of hydrogen-bond donors (Lipinski definition) is 1. The monoisotopic (exact) mass is 398 g/mol. The minimum Gasteiger partial charge on any atom is -0.456 e. The van der Waals surface area contributed by atoms with Crippen molar-refractivity contribution in [1.29, 1.82) is 0 Å². The van der Waals surface area contributed by atoms with Gasteiger partial charge >= 0.3 is 12.0 Å². The zero-order valence-electron chi connectivity index (χ0n) is 15.9. The Hall–Kier alpha value is -3.55. The third-order valence-electron chi connectivity index (χ3n) is 4.72. The summed E-state index contributed by atoms with van der Waals surface area (Å²) >= 11 is 0. The number of carbonyl (C=O) groups is 4. The van der Waals surface area contributed by atoms with Gasteiger partial charge in [-0.25, -0.2) is 9.18 Å². The zero-order chi connectivity index (χ0) is 21.2. The van der Waals surface area contributed by atoms with E-state index in [1.165, 1.54) is 12.1 Å². The molecule has 0 saturated carbocycles. The number of carbonyl (C=O) groups excluding carboxylic acids is 4. The molecule has 150 valence electrons. The van der Waals surface area contributed by atoms with Crippen LogP contribution in [0.5, 0.6) is 0 Å². The van der Waals surface area contributed by atoms with E-state index >= 15 is 0 Å². The van der Waals surface area contributed by atoms with Gasteiger partial charge in [0.1, 0.15) is 17.9 Å². The Morgan fingerprint density at radius 1 is 1.07 bits per heavy atom. The minimum atomic E-state index is -1.30. The molecule has 0 bridgehead atoms. The highest BCUT2D eigenvalue weighted by Gasteiger charge is 2.49. The number of nitrogens with zero attached hydrogens (tertiary/aromatic N) is 1. The van der Waals surface area contributed by atoms with Crippen LogP contribution < -0.4 is 5.32 Å². The van der Waals surface area contributed by atoms with Crippen molar-refractivity contribution < 1.29 is 28.3 Å². The average molecular weight is 398 g/mol. The van der Waals surface area contributed by atoms with E-state index in [0.717, 1.165) is 22.6 Å². The van der Waals surface area contributed by atoms with Gasteiger partial charge in [0.2, 0.25) is 0 Å². The Bertz CT molecular complexity index is 972. The topological polar surface area (TPSA) is 92.8 Å². The predicted octanol–water partition coefficient (Wildman–Crippen LogP) is 2.33. The number of nitrogens with one attached hydrogen (secondary N) is 1. The first-order valence-corrected chi connectivity index (χ1v) is 8.86. The van der Waals surface area contributed by atoms with Crippen LogP contribution >= 0.6 is 0 Å². The van der Waals surface area contributed by atoms with E-state index in [9.17, 15) is 23.6 Å². The number of hydrogen-bond acceptors (Lipinski definition) is 5. The van der Waals surface area contributed by atoms with E-state index in [1.807, 2.05) is 19.1 Å². The Labute approximate surface area is 166 Å². The van der Waals surface area contributed by atoms with Gasteiger partial charge in [0.15, 0.2) is 12.4 Å². The molecule has 8 heteroatoms. The number of aryl methyl sites for hydroxylation is 1. The van der Waals surface area contributed by atoms with E-state index in [1.54, 1.807) is 19.1 Å². The van der Waals surface area contributed by atoms with Crippen molar-refractivity contribution in [3.8, 4) is 0 Å². The van der Waals surface area contributed by atoms with Crippen LogP contribution in [0, 0.1) is 12.7 Å². The number of urea groups is 1. The lowest BCUT2D eigenvalue weighted by Crippen LogP contribution is -2.41. The first-order valence-electron chi connectivity index (χ1n) is 8.86. The van der Waals surface area contributed by atoms with Crippen LogP contribution in [0.4, 0.5) is 9.18 Å². The fraction of sp³-hybridized carbons (Fsp3) is 0.238. The zero-order valence-corrected chi connectivity index (χ0v) is 15.9. The van der Waals surface area contributed by atoms with E-state index in [2.05, 4.69) is 5.32 Å². The van der Waals surface area contributed by atoms with Crippen molar-refractivity contribution in [3.63, 3.8) is 0 Å². The third kappa shape index (κ3) is 4.16. The number of halogens is 1. The normalized spacial score (nSPS) is 18.5. The number of amides is 3. The van der Waals surface area contributed by atoms with Gasteiger partial charge in [-0.1, -0.05) is 29.8 Å². The molecule has 0 radical (unpaired) electrons. The molecule has 2 aromatic carbocycles. The third-order valence-corrected chi connectivity index (χ3v) is 4.72. The molecule has 1 saturated heterocycles. The van der Waals surface area contributed by atoms with Crippen LogP contribution in [0.2, 0.25) is 0 Å². The molecule has 0 aliphatic carbocycles. The van der Waals surface area contributed by atoms with E-state index in [-0.39, 0.29) is 5.56 Å². The molecule has 0 unspecified atom stereocenters. The summed E-state index contributed by atoms with van der Waals surface area (Å²) in [5.74, 6) is -2.51. The number of rotatable bonds is 6. The van der Waals surface area contributed by atoms with Gasteiger partial charge in [0, 0.05) is 5.56 Å². The second-order valence-electron chi connectivity index (χ2n) is 6.90. The number of Topliss-reactive ketones (excluding diaryl/α,β-unsaturated/α-hetero) is 1.